The highest BCUT2D eigenvalue weighted by Crippen LogP contribution is 2.16. The molecule has 6 heteroatoms. The molecule has 1 unspecified atom stereocenters. The fourth-order valence-electron chi connectivity index (χ4n) is 1.74. The highest BCUT2D eigenvalue weighted by Gasteiger charge is 2.24. The van der Waals surface area contributed by atoms with Gasteiger partial charge in [0.1, 0.15) is 11.9 Å². The zero-order chi connectivity index (χ0) is 15.3. The van der Waals surface area contributed by atoms with Crippen LogP contribution < -0.4 is 5.32 Å². The summed E-state index contributed by atoms with van der Waals surface area (Å²) in [5, 5.41) is 2.51. The molecule has 1 aromatic carbocycles. The van der Waals surface area contributed by atoms with Crippen LogP contribution in [0.4, 0.5) is 4.39 Å². The van der Waals surface area contributed by atoms with Crippen molar-refractivity contribution in [3.8, 4) is 0 Å². The maximum Gasteiger partial charge on any atom is 0.328 e. The van der Waals surface area contributed by atoms with E-state index in [4.69, 9.17) is 0 Å². The average Bonchev–Trinajstić information content (AvgIpc) is 2.39. The molecule has 0 aliphatic rings. The van der Waals surface area contributed by atoms with Crippen molar-refractivity contribution in [3.05, 3.63) is 34.1 Å². The fourth-order valence-corrected chi connectivity index (χ4v) is 2.10. The van der Waals surface area contributed by atoms with Gasteiger partial charge in [0, 0.05) is 4.47 Å². The molecular formula is C14H17BrFNO3. The molecule has 1 amide bonds. The number of esters is 1. The zero-order valence-electron chi connectivity index (χ0n) is 11.6. The summed E-state index contributed by atoms with van der Waals surface area (Å²) in [5.74, 6) is -1.63. The molecule has 110 valence electrons. The van der Waals surface area contributed by atoms with Crippen LogP contribution in [0.5, 0.6) is 0 Å². The van der Waals surface area contributed by atoms with Crippen LogP contribution in [0.15, 0.2) is 22.7 Å². The minimum absolute atomic E-state index is 0.114. The van der Waals surface area contributed by atoms with Gasteiger partial charge in [-0.3, -0.25) is 4.79 Å². The van der Waals surface area contributed by atoms with Gasteiger partial charge in [0.15, 0.2) is 0 Å². The number of carbonyl (C=O) groups is 2. The second kappa shape index (κ2) is 7.38. The topological polar surface area (TPSA) is 55.4 Å². The van der Waals surface area contributed by atoms with Crippen LogP contribution in [0.3, 0.4) is 0 Å². The van der Waals surface area contributed by atoms with E-state index in [2.05, 4.69) is 26.0 Å². The molecule has 1 N–H and O–H groups in total. The third-order valence-corrected chi connectivity index (χ3v) is 3.16. The Morgan fingerprint density at radius 2 is 2.05 bits per heavy atom. The van der Waals surface area contributed by atoms with E-state index in [0.29, 0.717) is 10.9 Å². The molecular weight excluding hydrogens is 329 g/mol. The number of hydrogen-bond donors (Lipinski definition) is 1. The predicted octanol–water partition coefficient (Wildman–Crippen LogP) is 2.91. The van der Waals surface area contributed by atoms with Crippen molar-refractivity contribution in [1.29, 1.82) is 0 Å². The maximum atomic E-state index is 13.6. The summed E-state index contributed by atoms with van der Waals surface area (Å²) in [6, 6.07) is 3.27. The average molecular weight is 346 g/mol. The van der Waals surface area contributed by atoms with Crippen molar-refractivity contribution in [1.82, 2.24) is 5.32 Å². The Labute approximate surface area is 125 Å². The molecule has 1 aromatic rings. The largest absolute Gasteiger partial charge is 0.467 e. The smallest absolute Gasteiger partial charge is 0.328 e. The van der Waals surface area contributed by atoms with E-state index in [-0.39, 0.29) is 11.5 Å². The summed E-state index contributed by atoms with van der Waals surface area (Å²) < 4.78 is 18.9. The molecule has 0 saturated heterocycles. The number of amides is 1. The van der Waals surface area contributed by atoms with Crippen molar-refractivity contribution in [2.45, 2.75) is 26.3 Å². The lowest BCUT2D eigenvalue weighted by molar-refractivity contribution is -0.143. The first kappa shape index (κ1) is 16.6. The molecule has 0 heterocycles. The predicted molar refractivity (Wildman–Crippen MR) is 76.8 cm³/mol. The molecule has 0 saturated carbocycles. The lowest BCUT2D eigenvalue weighted by atomic mass is 10.0. The van der Waals surface area contributed by atoms with Crippen LogP contribution in [0.1, 0.15) is 30.6 Å². The minimum atomic E-state index is -0.786. The number of nitrogens with one attached hydrogen (secondary N) is 1. The van der Waals surface area contributed by atoms with Crippen LogP contribution in [0, 0.1) is 11.7 Å². The summed E-state index contributed by atoms with van der Waals surface area (Å²) in [5.41, 5.74) is -0.114. The minimum Gasteiger partial charge on any atom is -0.467 e. The first-order chi connectivity index (χ1) is 9.35. The number of halogens is 2. The molecule has 0 aromatic heterocycles. The molecule has 0 aliphatic carbocycles. The third-order valence-electron chi connectivity index (χ3n) is 2.67. The Kier molecular flexibility index (Phi) is 6.13. The molecule has 0 bridgehead atoms. The Balaban J connectivity index is 2.90. The summed E-state index contributed by atoms with van der Waals surface area (Å²) in [6.45, 7) is 3.84. The van der Waals surface area contributed by atoms with Gasteiger partial charge in [-0.2, -0.15) is 0 Å². The molecule has 20 heavy (non-hydrogen) atoms. The lowest BCUT2D eigenvalue weighted by Gasteiger charge is -2.18. The quantitative estimate of drug-likeness (QED) is 0.834. The van der Waals surface area contributed by atoms with E-state index in [1.54, 1.807) is 0 Å². The number of hydrogen-bond acceptors (Lipinski definition) is 3. The monoisotopic (exact) mass is 345 g/mol. The number of benzene rings is 1. The van der Waals surface area contributed by atoms with Gasteiger partial charge >= 0.3 is 5.97 Å². The number of methoxy groups -OCH3 is 1. The number of rotatable bonds is 5. The maximum absolute atomic E-state index is 13.6. The van der Waals surface area contributed by atoms with Gasteiger partial charge in [0.2, 0.25) is 0 Å². The van der Waals surface area contributed by atoms with Gasteiger partial charge in [-0.1, -0.05) is 29.8 Å². The standard InChI is InChI=1S/C14H17BrFNO3/c1-8(2)6-12(14(19)20-3)17-13(18)10-7-9(15)4-5-11(10)16/h4-5,7-8,12H,6H2,1-3H3,(H,17,18). The Bertz CT molecular complexity index is 505. The van der Waals surface area contributed by atoms with Gasteiger partial charge in [-0.25, -0.2) is 9.18 Å². The summed E-state index contributed by atoms with van der Waals surface area (Å²) >= 11 is 3.18. The van der Waals surface area contributed by atoms with Gasteiger partial charge in [-0.15, -0.1) is 0 Å². The lowest BCUT2D eigenvalue weighted by Crippen LogP contribution is -2.42. The third kappa shape index (κ3) is 4.59. The van der Waals surface area contributed by atoms with Crippen molar-refractivity contribution < 1.29 is 18.7 Å². The van der Waals surface area contributed by atoms with Crippen LogP contribution in [0.25, 0.3) is 0 Å². The Hall–Kier alpha value is -1.43. The van der Waals surface area contributed by atoms with Crippen molar-refractivity contribution >= 4 is 27.8 Å². The van der Waals surface area contributed by atoms with E-state index in [9.17, 15) is 14.0 Å². The van der Waals surface area contributed by atoms with Gasteiger partial charge in [0.05, 0.1) is 12.7 Å². The molecule has 0 radical (unpaired) electrons. The SMILES string of the molecule is COC(=O)C(CC(C)C)NC(=O)c1cc(Br)ccc1F. The van der Waals surface area contributed by atoms with Crippen LogP contribution >= 0.6 is 15.9 Å². The van der Waals surface area contributed by atoms with E-state index >= 15 is 0 Å². The summed E-state index contributed by atoms with van der Waals surface area (Å²) in [6.07, 6.45) is 0.425. The molecule has 4 nitrogen and oxygen atoms in total. The normalized spacial score (nSPS) is 12.1. The Morgan fingerprint density at radius 3 is 2.60 bits per heavy atom. The summed E-state index contributed by atoms with van der Waals surface area (Å²) in [7, 11) is 1.25. The van der Waals surface area contributed by atoms with Crippen LogP contribution in [-0.4, -0.2) is 25.0 Å². The second-order valence-electron chi connectivity index (χ2n) is 4.80. The van der Waals surface area contributed by atoms with E-state index < -0.39 is 23.7 Å². The van der Waals surface area contributed by atoms with Gasteiger partial charge in [-0.05, 0) is 30.5 Å². The first-order valence-electron chi connectivity index (χ1n) is 6.19. The number of ether oxygens (including phenoxy) is 1. The summed E-state index contributed by atoms with van der Waals surface area (Å²) in [4.78, 5) is 23.7. The van der Waals surface area contributed by atoms with Crippen molar-refractivity contribution in [3.63, 3.8) is 0 Å². The van der Waals surface area contributed by atoms with Gasteiger partial charge in [0.25, 0.3) is 5.91 Å². The molecule has 0 spiro atoms. The van der Waals surface area contributed by atoms with E-state index in [1.807, 2.05) is 13.8 Å². The van der Waals surface area contributed by atoms with Crippen LogP contribution in [-0.2, 0) is 9.53 Å². The second-order valence-corrected chi connectivity index (χ2v) is 5.72. The highest BCUT2D eigenvalue weighted by molar-refractivity contribution is 9.10. The molecule has 1 rings (SSSR count). The van der Waals surface area contributed by atoms with Gasteiger partial charge < -0.3 is 10.1 Å². The molecule has 1 atom stereocenters. The van der Waals surface area contributed by atoms with Crippen molar-refractivity contribution in [2.24, 2.45) is 5.92 Å². The fraction of sp³-hybridized carbons (Fsp3) is 0.429. The number of carbonyl (C=O) groups excluding carboxylic acids is 2. The van der Waals surface area contributed by atoms with Crippen molar-refractivity contribution in [2.75, 3.05) is 7.11 Å². The first-order valence-corrected chi connectivity index (χ1v) is 6.98. The van der Waals surface area contributed by atoms with E-state index in [0.717, 1.165) is 0 Å². The zero-order valence-corrected chi connectivity index (χ0v) is 13.2. The highest BCUT2D eigenvalue weighted by atomic mass is 79.9. The van der Waals surface area contributed by atoms with Crippen LogP contribution in [0.2, 0.25) is 0 Å². The Morgan fingerprint density at radius 1 is 1.40 bits per heavy atom. The molecule has 0 aliphatic heterocycles. The molecule has 0 fully saturated rings. The van der Waals surface area contributed by atoms with E-state index in [1.165, 1.54) is 25.3 Å².